The first-order valence-corrected chi connectivity index (χ1v) is 6.58. The van der Waals surface area contributed by atoms with Gasteiger partial charge in [-0.3, -0.25) is 4.79 Å². The minimum absolute atomic E-state index is 0.166. The number of nitrogens with one attached hydrogen (secondary N) is 1. The maximum Gasteiger partial charge on any atom is 0.324 e. The van der Waals surface area contributed by atoms with E-state index in [-0.39, 0.29) is 12.0 Å². The van der Waals surface area contributed by atoms with Crippen LogP contribution in [0.3, 0.4) is 0 Å². The zero-order valence-electron chi connectivity index (χ0n) is 12.0. The second-order valence-electron chi connectivity index (χ2n) is 4.78. The summed E-state index contributed by atoms with van der Waals surface area (Å²) in [6.45, 7) is 12.1. The average molecular weight is 244 g/mol. The van der Waals surface area contributed by atoms with Crippen molar-refractivity contribution in [3.63, 3.8) is 0 Å². The van der Waals surface area contributed by atoms with E-state index in [1.165, 1.54) is 7.11 Å². The van der Waals surface area contributed by atoms with Crippen LogP contribution >= 0.6 is 0 Å². The van der Waals surface area contributed by atoms with Crippen LogP contribution in [0.2, 0.25) is 0 Å². The molecule has 0 rings (SSSR count). The largest absolute Gasteiger partial charge is 0.468 e. The second kappa shape index (κ2) is 9.42. The summed E-state index contributed by atoms with van der Waals surface area (Å²) < 4.78 is 4.83. The molecule has 0 aromatic heterocycles. The molecule has 0 saturated heterocycles. The number of hydrogen-bond donors (Lipinski definition) is 1. The van der Waals surface area contributed by atoms with Crippen molar-refractivity contribution in [3.8, 4) is 0 Å². The Bertz CT molecular complexity index is 208. The third kappa shape index (κ3) is 7.34. The van der Waals surface area contributed by atoms with Crippen LogP contribution < -0.4 is 5.32 Å². The molecule has 0 amide bonds. The normalized spacial score (nSPS) is 13.1. The highest BCUT2D eigenvalue weighted by molar-refractivity contribution is 5.75. The van der Waals surface area contributed by atoms with Crippen molar-refractivity contribution in [2.24, 2.45) is 5.92 Å². The molecule has 0 saturated carbocycles. The Morgan fingerprint density at radius 3 is 2.35 bits per heavy atom. The van der Waals surface area contributed by atoms with Crippen molar-refractivity contribution in [3.05, 3.63) is 0 Å². The zero-order valence-corrected chi connectivity index (χ0v) is 12.0. The van der Waals surface area contributed by atoms with E-state index in [0.29, 0.717) is 5.92 Å². The molecule has 0 aliphatic heterocycles. The summed E-state index contributed by atoms with van der Waals surface area (Å²) in [6, 6.07) is -0.210. The van der Waals surface area contributed by atoms with Crippen LogP contribution in [0.25, 0.3) is 0 Å². The Kier molecular flexibility index (Phi) is 9.09. The first-order valence-electron chi connectivity index (χ1n) is 6.58. The highest BCUT2D eigenvalue weighted by atomic mass is 16.5. The molecule has 0 aliphatic rings. The molecule has 0 heterocycles. The Labute approximate surface area is 106 Å². The molecule has 102 valence electrons. The van der Waals surface area contributed by atoms with Crippen LogP contribution in [-0.4, -0.2) is 50.2 Å². The van der Waals surface area contributed by atoms with E-state index in [4.69, 9.17) is 4.74 Å². The fraction of sp³-hybridized carbons (Fsp3) is 0.923. The van der Waals surface area contributed by atoms with Gasteiger partial charge in [0, 0.05) is 13.1 Å². The molecule has 0 aromatic carbocycles. The molecule has 1 unspecified atom stereocenters. The lowest BCUT2D eigenvalue weighted by Crippen LogP contribution is -2.47. The van der Waals surface area contributed by atoms with Gasteiger partial charge in [-0.1, -0.05) is 27.7 Å². The minimum atomic E-state index is -0.210. The van der Waals surface area contributed by atoms with Gasteiger partial charge in [0.05, 0.1) is 7.11 Å². The van der Waals surface area contributed by atoms with Crippen molar-refractivity contribution in [2.75, 3.05) is 33.3 Å². The molecule has 0 spiro atoms. The number of nitrogens with zero attached hydrogens (tertiary/aromatic N) is 1. The Balaban J connectivity index is 4.31. The van der Waals surface area contributed by atoms with Crippen LogP contribution in [0.4, 0.5) is 0 Å². The van der Waals surface area contributed by atoms with Gasteiger partial charge in [0.2, 0.25) is 0 Å². The number of rotatable bonds is 9. The Morgan fingerprint density at radius 2 is 1.94 bits per heavy atom. The van der Waals surface area contributed by atoms with Gasteiger partial charge in [-0.15, -0.1) is 0 Å². The zero-order chi connectivity index (χ0) is 13.3. The highest BCUT2D eigenvalue weighted by Crippen LogP contribution is 2.01. The van der Waals surface area contributed by atoms with Crippen LogP contribution in [0.5, 0.6) is 0 Å². The van der Waals surface area contributed by atoms with Crippen molar-refractivity contribution in [1.82, 2.24) is 10.2 Å². The monoisotopic (exact) mass is 244 g/mol. The summed E-state index contributed by atoms with van der Waals surface area (Å²) in [7, 11) is 1.45. The lowest BCUT2D eigenvalue weighted by Gasteiger charge is -2.27. The summed E-state index contributed by atoms with van der Waals surface area (Å²) in [6.07, 6.45) is 1.02. The number of hydrogen-bond acceptors (Lipinski definition) is 4. The Morgan fingerprint density at radius 1 is 1.29 bits per heavy atom. The topological polar surface area (TPSA) is 41.6 Å². The Hall–Kier alpha value is -0.610. The van der Waals surface area contributed by atoms with Crippen molar-refractivity contribution in [2.45, 2.75) is 40.2 Å². The van der Waals surface area contributed by atoms with Gasteiger partial charge in [0.25, 0.3) is 0 Å². The van der Waals surface area contributed by atoms with E-state index in [1.54, 1.807) is 0 Å². The number of carbonyl (C=O) groups is 1. The van der Waals surface area contributed by atoms with Gasteiger partial charge in [-0.2, -0.15) is 0 Å². The fourth-order valence-corrected chi connectivity index (χ4v) is 1.79. The van der Waals surface area contributed by atoms with Gasteiger partial charge in [0.15, 0.2) is 0 Å². The molecular formula is C13H28N2O2. The molecule has 1 N–H and O–H groups in total. The molecule has 1 atom stereocenters. The van der Waals surface area contributed by atoms with E-state index in [9.17, 15) is 4.79 Å². The highest BCUT2D eigenvalue weighted by Gasteiger charge is 2.21. The number of ether oxygens (including phenoxy) is 1. The van der Waals surface area contributed by atoms with Gasteiger partial charge in [-0.25, -0.2) is 0 Å². The predicted molar refractivity (Wildman–Crippen MR) is 71.0 cm³/mol. The average Bonchev–Trinajstić information content (AvgIpc) is 2.31. The van der Waals surface area contributed by atoms with Gasteiger partial charge in [-0.05, 0) is 25.4 Å². The second-order valence-corrected chi connectivity index (χ2v) is 4.78. The molecule has 0 radical (unpaired) electrons. The van der Waals surface area contributed by atoms with E-state index < -0.39 is 0 Å². The lowest BCUT2D eigenvalue weighted by molar-refractivity contribution is -0.143. The summed E-state index contributed by atoms with van der Waals surface area (Å²) in [5, 5.41) is 3.24. The van der Waals surface area contributed by atoms with Gasteiger partial charge >= 0.3 is 5.97 Å². The molecule has 0 bridgehead atoms. The SMILES string of the molecule is CCCNC(CN(CC)CC(C)C)C(=O)OC. The smallest absolute Gasteiger partial charge is 0.324 e. The van der Waals surface area contributed by atoms with Crippen LogP contribution in [0.1, 0.15) is 34.1 Å². The first-order chi connectivity index (χ1) is 8.04. The predicted octanol–water partition coefficient (Wildman–Crippen LogP) is 1.51. The summed E-state index contributed by atoms with van der Waals surface area (Å²) in [4.78, 5) is 13.9. The summed E-state index contributed by atoms with van der Waals surface area (Å²) >= 11 is 0. The number of methoxy groups -OCH3 is 1. The van der Waals surface area contributed by atoms with Crippen molar-refractivity contribution >= 4 is 5.97 Å². The lowest BCUT2D eigenvalue weighted by atomic mass is 10.2. The maximum absolute atomic E-state index is 11.6. The van der Waals surface area contributed by atoms with Crippen LogP contribution in [0.15, 0.2) is 0 Å². The number of likely N-dealkylation sites (N-methyl/N-ethyl adjacent to an activating group) is 1. The van der Waals surface area contributed by atoms with Gasteiger partial charge < -0.3 is 15.0 Å². The molecule has 0 aliphatic carbocycles. The standard InChI is InChI=1S/C13H28N2O2/c1-6-8-14-12(13(16)17-5)10-15(7-2)9-11(3)4/h11-12,14H,6-10H2,1-5H3. The molecular weight excluding hydrogens is 216 g/mol. The maximum atomic E-state index is 11.6. The molecule has 0 fully saturated rings. The first kappa shape index (κ1) is 16.4. The quantitative estimate of drug-likeness (QED) is 0.624. The minimum Gasteiger partial charge on any atom is -0.468 e. The molecule has 0 aromatic rings. The van der Waals surface area contributed by atoms with Crippen LogP contribution in [0, 0.1) is 5.92 Å². The third-order valence-electron chi connectivity index (χ3n) is 2.64. The van der Waals surface area contributed by atoms with E-state index in [1.807, 2.05) is 0 Å². The van der Waals surface area contributed by atoms with Crippen molar-refractivity contribution < 1.29 is 9.53 Å². The summed E-state index contributed by atoms with van der Waals surface area (Å²) in [5.41, 5.74) is 0. The molecule has 4 heteroatoms. The van der Waals surface area contributed by atoms with Crippen LogP contribution in [-0.2, 0) is 9.53 Å². The molecule has 4 nitrogen and oxygen atoms in total. The number of esters is 1. The third-order valence-corrected chi connectivity index (χ3v) is 2.64. The van der Waals surface area contributed by atoms with Gasteiger partial charge in [0.1, 0.15) is 6.04 Å². The van der Waals surface area contributed by atoms with Crippen molar-refractivity contribution in [1.29, 1.82) is 0 Å². The van der Waals surface area contributed by atoms with E-state index in [0.717, 1.165) is 32.6 Å². The van der Waals surface area contributed by atoms with E-state index >= 15 is 0 Å². The molecule has 17 heavy (non-hydrogen) atoms. The summed E-state index contributed by atoms with van der Waals surface area (Å²) in [5.74, 6) is 0.445. The fourth-order valence-electron chi connectivity index (χ4n) is 1.79. The number of carbonyl (C=O) groups excluding carboxylic acids is 1. The van der Waals surface area contributed by atoms with E-state index in [2.05, 4.69) is 37.9 Å².